The summed E-state index contributed by atoms with van der Waals surface area (Å²) in [7, 11) is 1.64. The molecule has 1 N–H and O–H groups in total. The van der Waals surface area contributed by atoms with E-state index in [-0.39, 0.29) is 18.7 Å². The minimum atomic E-state index is -0.0931. The predicted octanol–water partition coefficient (Wildman–Crippen LogP) is 2.23. The highest BCUT2D eigenvalue weighted by Gasteiger charge is 2.06. The highest BCUT2D eigenvalue weighted by Crippen LogP contribution is 2.22. The second-order valence-corrected chi connectivity index (χ2v) is 4.18. The van der Waals surface area contributed by atoms with E-state index < -0.39 is 0 Å². The molecule has 0 aliphatic rings. The van der Waals surface area contributed by atoms with Gasteiger partial charge >= 0.3 is 0 Å². The van der Waals surface area contributed by atoms with Crippen LogP contribution in [0, 0.1) is 25.2 Å². The molecule has 4 heteroatoms. The lowest BCUT2D eigenvalue weighted by atomic mass is 10.0. The van der Waals surface area contributed by atoms with Gasteiger partial charge in [-0.2, -0.15) is 5.26 Å². The van der Waals surface area contributed by atoms with Crippen molar-refractivity contribution in [3.63, 3.8) is 0 Å². The zero-order valence-electron chi connectivity index (χ0n) is 11.0. The molecule has 0 aromatic heterocycles. The number of nitrogens with zero attached hydrogens (tertiary/aromatic N) is 1. The lowest BCUT2D eigenvalue weighted by Gasteiger charge is -2.12. The number of methoxy groups -OCH3 is 1. The third-order valence-electron chi connectivity index (χ3n) is 2.79. The number of benzene rings is 1. The maximum atomic E-state index is 11.4. The molecule has 18 heavy (non-hydrogen) atoms. The predicted molar refractivity (Wildman–Crippen MR) is 69.2 cm³/mol. The lowest BCUT2D eigenvalue weighted by molar-refractivity contribution is -0.121. The van der Waals surface area contributed by atoms with Crippen molar-refractivity contribution in [3.8, 4) is 11.8 Å². The van der Waals surface area contributed by atoms with Crippen molar-refractivity contribution in [1.29, 1.82) is 5.26 Å². The van der Waals surface area contributed by atoms with Crippen LogP contribution < -0.4 is 10.1 Å². The third-order valence-corrected chi connectivity index (χ3v) is 2.79. The Labute approximate surface area is 108 Å². The fourth-order valence-corrected chi connectivity index (χ4v) is 1.71. The number of hydrogen-bond acceptors (Lipinski definition) is 3. The summed E-state index contributed by atoms with van der Waals surface area (Å²) in [5, 5.41) is 11.2. The molecule has 4 nitrogen and oxygen atoms in total. The van der Waals surface area contributed by atoms with Gasteiger partial charge in [0.1, 0.15) is 5.75 Å². The van der Waals surface area contributed by atoms with E-state index in [1.165, 1.54) is 0 Å². The molecule has 0 saturated heterocycles. The summed E-state index contributed by atoms with van der Waals surface area (Å²) >= 11 is 0. The maximum absolute atomic E-state index is 11.4. The topological polar surface area (TPSA) is 62.1 Å². The highest BCUT2D eigenvalue weighted by molar-refractivity contribution is 5.76. The summed E-state index contributed by atoms with van der Waals surface area (Å²) in [4.78, 5) is 11.4. The molecule has 0 bridgehead atoms. The number of carbonyl (C=O) groups excluding carboxylic acids is 1. The summed E-state index contributed by atoms with van der Waals surface area (Å²) in [5.41, 5.74) is 3.20. The van der Waals surface area contributed by atoms with Gasteiger partial charge in [-0.05, 0) is 36.6 Å². The standard InChI is InChI=1S/C14H18N2O2/c1-10-8-13(18-3)11(2)7-12(10)9-16-14(17)5-4-6-15/h7-8H,4-5,9H2,1-3H3,(H,16,17). The Bertz CT molecular complexity index is 475. The summed E-state index contributed by atoms with van der Waals surface area (Å²) < 4.78 is 5.24. The molecule has 1 aromatic carbocycles. The van der Waals surface area contributed by atoms with Crippen LogP contribution in [-0.2, 0) is 11.3 Å². The van der Waals surface area contributed by atoms with E-state index in [0.717, 1.165) is 22.4 Å². The third kappa shape index (κ3) is 3.77. The van der Waals surface area contributed by atoms with Crippen molar-refractivity contribution in [2.45, 2.75) is 33.2 Å². The van der Waals surface area contributed by atoms with E-state index in [0.29, 0.717) is 6.54 Å². The number of nitriles is 1. The van der Waals surface area contributed by atoms with Crippen LogP contribution in [0.5, 0.6) is 5.75 Å². The van der Waals surface area contributed by atoms with Crippen molar-refractivity contribution < 1.29 is 9.53 Å². The van der Waals surface area contributed by atoms with Crippen molar-refractivity contribution >= 4 is 5.91 Å². The molecular weight excluding hydrogens is 228 g/mol. The molecule has 0 spiro atoms. The zero-order valence-corrected chi connectivity index (χ0v) is 11.0. The smallest absolute Gasteiger partial charge is 0.221 e. The van der Waals surface area contributed by atoms with Crippen LogP contribution in [0.2, 0.25) is 0 Å². The largest absolute Gasteiger partial charge is 0.496 e. The monoisotopic (exact) mass is 246 g/mol. The van der Waals surface area contributed by atoms with Gasteiger partial charge in [0, 0.05) is 19.4 Å². The van der Waals surface area contributed by atoms with Crippen LogP contribution in [0.15, 0.2) is 12.1 Å². The van der Waals surface area contributed by atoms with Crippen LogP contribution in [-0.4, -0.2) is 13.0 Å². The number of ether oxygens (including phenoxy) is 1. The minimum Gasteiger partial charge on any atom is -0.496 e. The first-order valence-electron chi connectivity index (χ1n) is 5.86. The molecule has 96 valence electrons. The Kier molecular flexibility index (Phi) is 5.19. The summed E-state index contributed by atoms with van der Waals surface area (Å²) in [6.07, 6.45) is 0.511. The molecule has 1 rings (SSSR count). The Morgan fingerprint density at radius 3 is 2.72 bits per heavy atom. The van der Waals surface area contributed by atoms with Crippen LogP contribution in [0.4, 0.5) is 0 Å². The Morgan fingerprint density at radius 2 is 2.11 bits per heavy atom. The van der Waals surface area contributed by atoms with Gasteiger partial charge < -0.3 is 10.1 Å². The SMILES string of the molecule is COc1cc(C)c(CNC(=O)CCC#N)cc1C. The number of rotatable bonds is 5. The van der Waals surface area contributed by atoms with Crippen LogP contribution in [0.3, 0.4) is 0 Å². The van der Waals surface area contributed by atoms with Gasteiger partial charge in [0.05, 0.1) is 13.2 Å². The first-order chi connectivity index (χ1) is 8.58. The summed E-state index contributed by atoms with van der Waals surface area (Å²) in [5.74, 6) is 0.761. The van der Waals surface area contributed by atoms with E-state index in [1.54, 1.807) is 7.11 Å². The van der Waals surface area contributed by atoms with Gasteiger partial charge in [-0.1, -0.05) is 6.07 Å². The number of amides is 1. The Balaban J connectivity index is 2.66. The van der Waals surface area contributed by atoms with Crippen molar-refractivity contribution in [2.75, 3.05) is 7.11 Å². The van der Waals surface area contributed by atoms with Gasteiger partial charge in [0.15, 0.2) is 0 Å². The van der Waals surface area contributed by atoms with E-state index in [4.69, 9.17) is 10.00 Å². The molecule has 0 heterocycles. The lowest BCUT2D eigenvalue weighted by Crippen LogP contribution is -2.22. The summed E-state index contributed by atoms with van der Waals surface area (Å²) in [6.45, 7) is 4.44. The number of hydrogen-bond donors (Lipinski definition) is 1. The Hall–Kier alpha value is -2.02. The molecule has 0 fully saturated rings. The Morgan fingerprint density at radius 1 is 1.39 bits per heavy atom. The average Bonchev–Trinajstić information content (AvgIpc) is 2.36. The van der Waals surface area contributed by atoms with Crippen molar-refractivity contribution in [2.24, 2.45) is 0 Å². The molecule has 0 saturated carbocycles. The maximum Gasteiger partial charge on any atom is 0.221 e. The van der Waals surface area contributed by atoms with Crippen molar-refractivity contribution in [1.82, 2.24) is 5.32 Å². The molecule has 1 amide bonds. The van der Waals surface area contributed by atoms with Crippen LogP contribution in [0.25, 0.3) is 0 Å². The quantitative estimate of drug-likeness (QED) is 0.866. The second-order valence-electron chi connectivity index (χ2n) is 4.18. The normalized spacial score (nSPS) is 9.67. The first kappa shape index (κ1) is 14.0. The molecule has 0 aliphatic carbocycles. The average molecular weight is 246 g/mol. The molecule has 0 radical (unpaired) electrons. The van der Waals surface area contributed by atoms with E-state index in [2.05, 4.69) is 5.32 Å². The van der Waals surface area contributed by atoms with E-state index in [9.17, 15) is 4.79 Å². The van der Waals surface area contributed by atoms with Gasteiger partial charge in [-0.3, -0.25) is 4.79 Å². The van der Waals surface area contributed by atoms with Crippen LogP contribution in [0.1, 0.15) is 29.5 Å². The summed E-state index contributed by atoms with van der Waals surface area (Å²) in [6, 6.07) is 5.93. The molecule has 0 aliphatic heterocycles. The van der Waals surface area contributed by atoms with Gasteiger partial charge in [0.2, 0.25) is 5.91 Å². The fourth-order valence-electron chi connectivity index (χ4n) is 1.71. The number of carbonyl (C=O) groups is 1. The van der Waals surface area contributed by atoms with Gasteiger partial charge in [-0.25, -0.2) is 0 Å². The van der Waals surface area contributed by atoms with Crippen LogP contribution >= 0.6 is 0 Å². The van der Waals surface area contributed by atoms with Gasteiger partial charge in [-0.15, -0.1) is 0 Å². The van der Waals surface area contributed by atoms with E-state index in [1.807, 2.05) is 32.0 Å². The zero-order chi connectivity index (χ0) is 13.5. The van der Waals surface area contributed by atoms with E-state index >= 15 is 0 Å². The number of aryl methyl sites for hydroxylation is 2. The molecular formula is C14H18N2O2. The highest BCUT2D eigenvalue weighted by atomic mass is 16.5. The van der Waals surface area contributed by atoms with Gasteiger partial charge in [0.25, 0.3) is 0 Å². The van der Waals surface area contributed by atoms with Crippen molar-refractivity contribution in [3.05, 3.63) is 28.8 Å². The fraction of sp³-hybridized carbons (Fsp3) is 0.429. The molecule has 0 atom stereocenters. The molecule has 0 unspecified atom stereocenters. The first-order valence-corrected chi connectivity index (χ1v) is 5.86. The number of nitrogens with one attached hydrogen (secondary N) is 1. The minimum absolute atomic E-state index is 0.0931. The molecule has 1 aromatic rings. The second kappa shape index (κ2) is 6.65.